The fourth-order valence-corrected chi connectivity index (χ4v) is 12.8. The molecular weight excluding hydrogens is 1150 g/mol. The molecule has 10 aromatic carbocycles. The Balaban J connectivity index is 0.978. The zero-order chi connectivity index (χ0) is 62.1. The molecule has 0 aliphatic carbocycles. The van der Waals surface area contributed by atoms with Gasteiger partial charge in [0.25, 0.3) is 0 Å². The maximum atomic E-state index is 17.5. The molecule has 0 unspecified atom stereocenters. The Labute approximate surface area is 525 Å². The van der Waals surface area contributed by atoms with Crippen LogP contribution in [0.5, 0.6) is 0 Å². The SMILES string of the molecule is Cc1cc(-n2c3ccc(-c4cccc(-c5ccccc5)n4)cc3c3cc(-c4cccc(-c5ccccc5)n4)ccc32)c(-c2c(F)c(F)c(F)c(F)c2F)c(-n2c3ccc(-c4cccc(-c5ccccc5)n4)cc3c3cc(-c4cccc(-c5ccccc5)n4)ccc32)c1. The Kier molecular flexibility index (Phi) is 13.6. The summed E-state index contributed by atoms with van der Waals surface area (Å²) in [6.07, 6.45) is 0. The van der Waals surface area contributed by atoms with Crippen LogP contribution in [0.3, 0.4) is 0 Å². The van der Waals surface area contributed by atoms with E-state index in [1.165, 1.54) is 0 Å². The van der Waals surface area contributed by atoms with Crippen LogP contribution in [0.25, 0.3) is 156 Å². The van der Waals surface area contributed by atoms with Gasteiger partial charge in [0, 0.05) is 71.6 Å². The van der Waals surface area contributed by atoms with Crippen molar-refractivity contribution in [2.75, 3.05) is 0 Å². The number of aromatic nitrogens is 6. The summed E-state index contributed by atoms with van der Waals surface area (Å²) in [7, 11) is 0. The second-order valence-corrected chi connectivity index (χ2v) is 22.8. The van der Waals surface area contributed by atoms with E-state index in [0.29, 0.717) is 50.4 Å². The summed E-state index contributed by atoms with van der Waals surface area (Å²) in [6, 6.07) is 90.1. The van der Waals surface area contributed by atoms with E-state index in [2.05, 4.69) is 0 Å². The number of fused-ring (bicyclic) bond motifs is 6. The predicted molar refractivity (Wildman–Crippen MR) is 360 cm³/mol. The maximum Gasteiger partial charge on any atom is 0.200 e. The van der Waals surface area contributed by atoms with Gasteiger partial charge in [0.2, 0.25) is 5.82 Å². The van der Waals surface area contributed by atoms with Crippen molar-refractivity contribution in [3.05, 3.63) is 314 Å². The number of halogens is 5. The van der Waals surface area contributed by atoms with Crippen LogP contribution in [0, 0.1) is 36.0 Å². The minimum atomic E-state index is -2.27. The van der Waals surface area contributed by atoms with Crippen LogP contribution in [0.2, 0.25) is 0 Å². The molecule has 16 rings (SSSR count). The highest BCUT2D eigenvalue weighted by Gasteiger charge is 2.33. The van der Waals surface area contributed by atoms with Crippen molar-refractivity contribution in [1.82, 2.24) is 29.1 Å². The highest BCUT2D eigenvalue weighted by atomic mass is 19.2. The average Bonchev–Trinajstić information content (AvgIpc) is 1.50. The third kappa shape index (κ3) is 9.57. The normalized spacial score (nSPS) is 11.6. The van der Waals surface area contributed by atoms with Crippen molar-refractivity contribution >= 4 is 43.6 Å². The molecule has 0 fully saturated rings. The zero-order valence-corrected chi connectivity index (χ0v) is 49.1. The summed E-state index contributed by atoms with van der Waals surface area (Å²) in [5.74, 6) is -10.4. The Morgan fingerprint density at radius 3 is 0.728 bits per heavy atom. The molecule has 0 radical (unpaired) electrons. The van der Waals surface area contributed by atoms with E-state index in [1.54, 1.807) is 12.1 Å². The lowest BCUT2D eigenvalue weighted by Gasteiger charge is -2.22. The Morgan fingerprint density at radius 2 is 0.467 bits per heavy atom. The van der Waals surface area contributed by atoms with Crippen LogP contribution in [0.1, 0.15) is 5.56 Å². The topological polar surface area (TPSA) is 61.4 Å². The van der Waals surface area contributed by atoms with Gasteiger partial charge in [-0.25, -0.2) is 41.9 Å². The summed E-state index contributed by atoms with van der Waals surface area (Å²) >= 11 is 0. The molecule has 6 aromatic heterocycles. The minimum absolute atomic E-state index is 0.157. The third-order valence-corrected chi connectivity index (χ3v) is 17.2. The Hall–Kier alpha value is -12.0. The van der Waals surface area contributed by atoms with E-state index in [-0.39, 0.29) is 16.9 Å². The Bertz CT molecular complexity index is 4980. The lowest BCUT2D eigenvalue weighted by atomic mass is 9.96. The van der Waals surface area contributed by atoms with Crippen LogP contribution in [0.4, 0.5) is 22.0 Å². The van der Waals surface area contributed by atoms with E-state index in [0.717, 1.165) is 88.8 Å². The number of aryl methyl sites for hydroxylation is 1. The van der Waals surface area contributed by atoms with Crippen molar-refractivity contribution in [3.8, 4) is 113 Å². The van der Waals surface area contributed by atoms with E-state index in [4.69, 9.17) is 19.9 Å². The first-order valence-electron chi connectivity index (χ1n) is 30.1. The van der Waals surface area contributed by atoms with Gasteiger partial charge in [0.15, 0.2) is 23.3 Å². The lowest BCUT2D eigenvalue weighted by molar-refractivity contribution is 0.381. The standard InChI is InChI=1S/C81H49F5N6/c1-48-42-73(91-69-38-34-53(65-30-14-26-61(87-65)49-18-6-2-7-19-49)44-57(69)58-45-54(35-39-70(58)91)66-31-15-27-62(88-66)50-20-8-3-9-21-50)75(76-77(82)79(84)81(86)80(85)78(76)83)74(43-48)92-71-40-36-55(67-32-16-28-63(89-67)51-22-10-4-11-23-51)46-59(71)60-47-56(37-41-72(60)92)68-33-17-29-64(90-68)52-24-12-5-13-25-52/h2-47H,1H3. The molecule has 0 aliphatic heterocycles. The number of hydrogen-bond donors (Lipinski definition) is 0. The van der Waals surface area contributed by atoms with Crippen molar-refractivity contribution in [3.63, 3.8) is 0 Å². The summed E-state index contributed by atoms with van der Waals surface area (Å²) in [4.78, 5) is 20.5. The van der Waals surface area contributed by atoms with Crippen LogP contribution in [-0.2, 0) is 0 Å². The predicted octanol–water partition coefficient (Wildman–Crippen LogP) is 21.5. The fourth-order valence-electron chi connectivity index (χ4n) is 12.8. The second kappa shape index (κ2) is 22.6. The van der Waals surface area contributed by atoms with E-state index in [9.17, 15) is 0 Å². The van der Waals surface area contributed by atoms with Crippen molar-refractivity contribution in [2.45, 2.75) is 6.92 Å². The minimum Gasteiger partial charge on any atom is -0.309 e. The van der Waals surface area contributed by atoms with Crippen LogP contribution in [0.15, 0.2) is 279 Å². The fraction of sp³-hybridized carbons (Fsp3) is 0.0123. The molecule has 0 N–H and O–H groups in total. The van der Waals surface area contributed by atoms with Gasteiger partial charge < -0.3 is 9.13 Å². The van der Waals surface area contributed by atoms with Gasteiger partial charge in [0.1, 0.15) is 0 Å². The van der Waals surface area contributed by atoms with Gasteiger partial charge in [-0.2, -0.15) is 0 Å². The summed E-state index contributed by atoms with van der Waals surface area (Å²) in [5, 5.41) is 2.90. The molecule has 0 aliphatic rings. The van der Waals surface area contributed by atoms with Gasteiger partial charge in [-0.3, -0.25) is 0 Å². The molecular formula is C81H49F5N6. The summed E-state index contributed by atoms with van der Waals surface area (Å²) < 4.78 is 86.9. The van der Waals surface area contributed by atoms with Gasteiger partial charge >= 0.3 is 0 Å². The highest BCUT2D eigenvalue weighted by molar-refractivity contribution is 6.14. The molecule has 0 saturated carbocycles. The van der Waals surface area contributed by atoms with Gasteiger partial charge in [0.05, 0.1) is 84.6 Å². The molecule has 0 spiro atoms. The monoisotopic (exact) mass is 1200 g/mol. The molecule has 0 amide bonds. The number of pyridine rings is 4. The molecule has 6 heterocycles. The maximum absolute atomic E-state index is 17.5. The van der Waals surface area contributed by atoms with Crippen molar-refractivity contribution < 1.29 is 22.0 Å². The largest absolute Gasteiger partial charge is 0.309 e. The summed E-state index contributed by atoms with van der Waals surface area (Å²) in [5.41, 5.74) is 14.7. The first kappa shape index (κ1) is 55.4. The molecule has 438 valence electrons. The molecule has 0 saturated heterocycles. The van der Waals surface area contributed by atoms with Gasteiger partial charge in [-0.05, 0) is 122 Å². The second-order valence-electron chi connectivity index (χ2n) is 22.8. The first-order chi connectivity index (χ1) is 45.1. The number of rotatable bonds is 11. The smallest absolute Gasteiger partial charge is 0.200 e. The molecule has 0 atom stereocenters. The van der Waals surface area contributed by atoms with Crippen molar-refractivity contribution in [1.29, 1.82) is 0 Å². The quantitative estimate of drug-likeness (QED) is 0.0735. The van der Waals surface area contributed by atoms with E-state index >= 15 is 22.0 Å². The molecule has 0 bridgehead atoms. The van der Waals surface area contributed by atoms with E-state index in [1.807, 2.05) is 283 Å². The Morgan fingerprint density at radius 1 is 0.228 bits per heavy atom. The number of hydrogen-bond acceptors (Lipinski definition) is 4. The third-order valence-electron chi connectivity index (χ3n) is 17.2. The van der Waals surface area contributed by atoms with Crippen molar-refractivity contribution in [2.24, 2.45) is 0 Å². The van der Waals surface area contributed by atoms with Crippen LogP contribution < -0.4 is 0 Å². The molecule has 11 heteroatoms. The molecule has 16 aromatic rings. The molecule has 6 nitrogen and oxygen atoms in total. The first-order valence-corrected chi connectivity index (χ1v) is 30.1. The molecule has 92 heavy (non-hydrogen) atoms. The van der Waals surface area contributed by atoms with Crippen LogP contribution >= 0.6 is 0 Å². The highest BCUT2D eigenvalue weighted by Crippen LogP contribution is 2.47. The average molecular weight is 1200 g/mol. The van der Waals surface area contributed by atoms with Crippen LogP contribution in [-0.4, -0.2) is 29.1 Å². The summed E-state index contributed by atoms with van der Waals surface area (Å²) in [6.45, 7) is 1.86. The number of nitrogens with zero attached hydrogens (tertiary/aromatic N) is 6. The van der Waals surface area contributed by atoms with Gasteiger partial charge in [-0.15, -0.1) is 0 Å². The van der Waals surface area contributed by atoms with Gasteiger partial charge in [-0.1, -0.05) is 170 Å². The zero-order valence-electron chi connectivity index (χ0n) is 49.1. The van der Waals surface area contributed by atoms with E-state index < -0.39 is 34.6 Å². The lowest BCUT2D eigenvalue weighted by Crippen LogP contribution is -2.10. The number of benzene rings is 10.